The average Bonchev–Trinajstić information content (AvgIpc) is 2.91. The molecule has 1 atom stereocenters. The van der Waals surface area contributed by atoms with Crippen LogP contribution in [0, 0.1) is 12.8 Å². The summed E-state index contributed by atoms with van der Waals surface area (Å²) in [5.41, 5.74) is 2.45. The Morgan fingerprint density at radius 1 is 1.53 bits per heavy atom. The lowest BCUT2D eigenvalue weighted by Gasteiger charge is -2.10. The molecule has 1 amide bonds. The molecule has 1 heterocycles. The Balaban J connectivity index is 1.71. The zero-order chi connectivity index (χ0) is 13.7. The van der Waals surface area contributed by atoms with Gasteiger partial charge in [0, 0.05) is 17.4 Å². The van der Waals surface area contributed by atoms with Crippen LogP contribution in [0.5, 0.6) is 0 Å². The van der Waals surface area contributed by atoms with Gasteiger partial charge in [0.2, 0.25) is 5.91 Å². The van der Waals surface area contributed by atoms with Crippen LogP contribution >= 0.6 is 27.7 Å². The monoisotopic (exact) mass is 341 g/mol. The van der Waals surface area contributed by atoms with Gasteiger partial charge in [-0.25, -0.2) is 0 Å². The third-order valence-corrected chi connectivity index (χ3v) is 5.60. The van der Waals surface area contributed by atoms with Crippen LogP contribution in [0.1, 0.15) is 24.0 Å². The maximum Gasteiger partial charge on any atom is 0.220 e. The summed E-state index contributed by atoms with van der Waals surface area (Å²) in [6.45, 7) is 2.93. The van der Waals surface area contributed by atoms with Crippen LogP contribution in [0.4, 0.5) is 0 Å². The Morgan fingerprint density at radius 2 is 2.37 bits per heavy atom. The van der Waals surface area contributed by atoms with Gasteiger partial charge in [-0.15, -0.1) is 0 Å². The van der Waals surface area contributed by atoms with Crippen LogP contribution in [-0.2, 0) is 11.2 Å². The van der Waals surface area contributed by atoms with Crippen molar-refractivity contribution in [3.8, 4) is 0 Å². The molecule has 1 aromatic carbocycles. The largest absolute Gasteiger partial charge is 0.356 e. The third-order valence-electron chi connectivity index (χ3n) is 3.47. The summed E-state index contributed by atoms with van der Waals surface area (Å²) >= 11 is 5.48. The van der Waals surface area contributed by atoms with E-state index in [-0.39, 0.29) is 5.91 Å². The van der Waals surface area contributed by atoms with E-state index in [1.807, 2.05) is 11.8 Å². The second-order valence-electron chi connectivity index (χ2n) is 5.12. The van der Waals surface area contributed by atoms with E-state index in [0.717, 1.165) is 17.4 Å². The molecule has 19 heavy (non-hydrogen) atoms. The van der Waals surface area contributed by atoms with Crippen molar-refractivity contribution in [2.24, 2.45) is 5.92 Å². The van der Waals surface area contributed by atoms with Crippen LogP contribution in [-0.4, -0.2) is 24.0 Å². The zero-order valence-electron chi connectivity index (χ0n) is 11.2. The lowest BCUT2D eigenvalue weighted by Crippen LogP contribution is -2.29. The highest BCUT2D eigenvalue weighted by molar-refractivity contribution is 9.10. The molecule has 0 aliphatic carbocycles. The van der Waals surface area contributed by atoms with Crippen molar-refractivity contribution in [1.29, 1.82) is 0 Å². The van der Waals surface area contributed by atoms with Crippen molar-refractivity contribution in [2.75, 3.05) is 18.1 Å². The minimum absolute atomic E-state index is 0.178. The Bertz CT molecular complexity index is 444. The molecule has 104 valence electrons. The summed E-state index contributed by atoms with van der Waals surface area (Å²) in [6.07, 6.45) is 2.65. The summed E-state index contributed by atoms with van der Waals surface area (Å²) in [5, 5.41) is 3.06. The number of hydrogen-bond donors (Lipinski definition) is 1. The molecule has 1 aliphatic heterocycles. The number of nitrogens with one attached hydrogen (secondary N) is 1. The molecular weight excluding hydrogens is 322 g/mol. The summed E-state index contributed by atoms with van der Waals surface area (Å²) in [6, 6.07) is 6.28. The Kier molecular flexibility index (Phi) is 5.76. The van der Waals surface area contributed by atoms with Crippen molar-refractivity contribution in [2.45, 2.75) is 26.2 Å². The SMILES string of the molecule is Cc1cc(CCC(=O)NC[C@H]2CCSC2)ccc1Br. The zero-order valence-corrected chi connectivity index (χ0v) is 13.6. The van der Waals surface area contributed by atoms with Gasteiger partial charge in [-0.3, -0.25) is 4.79 Å². The quantitative estimate of drug-likeness (QED) is 0.887. The van der Waals surface area contributed by atoms with E-state index in [1.54, 1.807) is 0 Å². The Hall–Kier alpha value is -0.480. The van der Waals surface area contributed by atoms with Crippen molar-refractivity contribution < 1.29 is 4.79 Å². The molecule has 2 rings (SSSR count). The van der Waals surface area contributed by atoms with Gasteiger partial charge >= 0.3 is 0 Å². The van der Waals surface area contributed by atoms with E-state index in [2.05, 4.69) is 46.4 Å². The van der Waals surface area contributed by atoms with E-state index in [9.17, 15) is 4.79 Å². The first kappa shape index (κ1) is 14.9. The first-order chi connectivity index (χ1) is 9.15. The molecule has 1 N–H and O–H groups in total. The fraction of sp³-hybridized carbons (Fsp3) is 0.533. The van der Waals surface area contributed by atoms with Gasteiger partial charge in [-0.05, 0) is 54.4 Å². The molecule has 1 fully saturated rings. The molecule has 0 spiro atoms. The number of hydrogen-bond acceptors (Lipinski definition) is 2. The number of rotatable bonds is 5. The van der Waals surface area contributed by atoms with Crippen LogP contribution in [0.25, 0.3) is 0 Å². The van der Waals surface area contributed by atoms with Crippen molar-refractivity contribution in [1.82, 2.24) is 5.32 Å². The predicted octanol–water partition coefficient (Wildman–Crippen LogP) is 3.56. The average molecular weight is 342 g/mol. The molecule has 1 saturated heterocycles. The number of amides is 1. The lowest BCUT2D eigenvalue weighted by molar-refractivity contribution is -0.121. The highest BCUT2D eigenvalue weighted by atomic mass is 79.9. The van der Waals surface area contributed by atoms with Crippen LogP contribution in [0.2, 0.25) is 0 Å². The molecular formula is C15H20BrNOS. The van der Waals surface area contributed by atoms with Gasteiger partial charge in [0.15, 0.2) is 0 Å². The minimum Gasteiger partial charge on any atom is -0.356 e. The molecule has 0 bridgehead atoms. The smallest absolute Gasteiger partial charge is 0.220 e. The van der Waals surface area contributed by atoms with Gasteiger partial charge in [0.25, 0.3) is 0 Å². The number of carbonyl (C=O) groups excluding carboxylic acids is 1. The molecule has 1 aromatic rings. The van der Waals surface area contributed by atoms with Gasteiger partial charge in [-0.2, -0.15) is 11.8 Å². The van der Waals surface area contributed by atoms with Crippen LogP contribution in [0.3, 0.4) is 0 Å². The first-order valence-electron chi connectivity index (χ1n) is 6.74. The van der Waals surface area contributed by atoms with E-state index >= 15 is 0 Å². The van der Waals surface area contributed by atoms with Crippen molar-refractivity contribution in [3.63, 3.8) is 0 Å². The lowest BCUT2D eigenvalue weighted by atomic mass is 10.1. The summed E-state index contributed by atoms with van der Waals surface area (Å²) in [5.74, 6) is 3.31. The van der Waals surface area contributed by atoms with Gasteiger partial charge in [0.1, 0.15) is 0 Å². The molecule has 4 heteroatoms. The predicted molar refractivity (Wildman–Crippen MR) is 85.6 cm³/mol. The van der Waals surface area contributed by atoms with Gasteiger partial charge < -0.3 is 5.32 Å². The molecule has 2 nitrogen and oxygen atoms in total. The number of halogens is 1. The van der Waals surface area contributed by atoms with Gasteiger partial charge in [0.05, 0.1) is 0 Å². The summed E-state index contributed by atoms with van der Waals surface area (Å²) in [4.78, 5) is 11.8. The first-order valence-corrected chi connectivity index (χ1v) is 8.69. The maximum absolute atomic E-state index is 11.8. The molecule has 0 aromatic heterocycles. The Labute approximate surface area is 127 Å². The highest BCUT2D eigenvalue weighted by Crippen LogP contribution is 2.22. The van der Waals surface area contributed by atoms with E-state index < -0.39 is 0 Å². The fourth-order valence-corrected chi connectivity index (χ4v) is 3.74. The highest BCUT2D eigenvalue weighted by Gasteiger charge is 2.15. The summed E-state index contributed by atoms with van der Waals surface area (Å²) < 4.78 is 1.12. The van der Waals surface area contributed by atoms with E-state index in [0.29, 0.717) is 12.3 Å². The third kappa shape index (κ3) is 4.84. The van der Waals surface area contributed by atoms with Crippen LogP contribution in [0.15, 0.2) is 22.7 Å². The molecule has 1 aliphatic rings. The van der Waals surface area contributed by atoms with Gasteiger partial charge in [-0.1, -0.05) is 28.1 Å². The Morgan fingerprint density at radius 3 is 3.05 bits per heavy atom. The van der Waals surface area contributed by atoms with E-state index in [4.69, 9.17) is 0 Å². The van der Waals surface area contributed by atoms with Crippen LogP contribution < -0.4 is 5.32 Å². The molecule has 0 saturated carbocycles. The van der Waals surface area contributed by atoms with Crippen molar-refractivity contribution in [3.05, 3.63) is 33.8 Å². The minimum atomic E-state index is 0.178. The number of thioether (sulfide) groups is 1. The topological polar surface area (TPSA) is 29.1 Å². The summed E-state index contributed by atoms with van der Waals surface area (Å²) in [7, 11) is 0. The number of benzene rings is 1. The second kappa shape index (κ2) is 7.34. The number of aryl methyl sites for hydroxylation is 2. The number of carbonyl (C=O) groups is 1. The van der Waals surface area contributed by atoms with Crippen molar-refractivity contribution >= 4 is 33.6 Å². The molecule has 0 unspecified atom stereocenters. The molecule has 0 radical (unpaired) electrons. The fourth-order valence-electron chi connectivity index (χ4n) is 2.21. The second-order valence-corrected chi connectivity index (χ2v) is 7.12. The van der Waals surface area contributed by atoms with E-state index in [1.165, 1.54) is 29.1 Å². The normalized spacial score (nSPS) is 18.5. The maximum atomic E-state index is 11.8. The standard InChI is InChI=1S/C15H20BrNOS/c1-11-8-12(2-4-14(11)16)3-5-15(18)17-9-13-6-7-19-10-13/h2,4,8,13H,3,5-7,9-10H2,1H3,(H,17,18)/t13-/m1/s1.